The Morgan fingerprint density at radius 2 is 2.15 bits per heavy atom. The minimum atomic E-state index is -1.04. The fourth-order valence-electron chi connectivity index (χ4n) is 1.80. The summed E-state index contributed by atoms with van der Waals surface area (Å²) in [6.45, 7) is 1.68. The summed E-state index contributed by atoms with van der Waals surface area (Å²) < 4.78 is 1.14. The van der Waals surface area contributed by atoms with Crippen molar-refractivity contribution in [2.24, 2.45) is 0 Å². The number of aliphatic hydroxyl groups is 1. The second kappa shape index (κ2) is 5.62. The Bertz CT molecular complexity index is 696. The number of hydrogen-bond donors (Lipinski definition) is 1. The number of aromatic nitrogens is 2. The first kappa shape index (κ1) is 13.9. The van der Waals surface area contributed by atoms with E-state index in [-0.39, 0.29) is 17.8 Å². The maximum atomic E-state index is 11.6. The zero-order valence-electron chi connectivity index (χ0n) is 10.8. The van der Waals surface area contributed by atoms with Crippen molar-refractivity contribution >= 4 is 5.69 Å². The molecule has 7 heteroatoms. The molecule has 7 nitrogen and oxygen atoms in total. The highest BCUT2D eigenvalue weighted by atomic mass is 16.6. The first-order valence-corrected chi connectivity index (χ1v) is 5.94. The summed E-state index contributed by atoms with van der Waals surface area (Å²) >= 11 is 0. The number of aliphatic hydroxyl groups excluding tert-OH is 1. The SMILES string of the molecule is Cc1ccc(=O)n(C[C@H](O)c2cccc([N+](=O)[O-])c2)n1. The summed E-state index contributed by atoms with van der Waals surface area (Å²) in [6.07, 6.45) is -1.04. The van der Waals surface area contributed by atoms with E-state index in [1.165, 1.54) is 24.3 Å². The van der Waals surface area contributed by atoms with E-state index in [9.17, 15) is 20.0 Å². The topological polar surface area (TPSA) is 98.3 Å². The average molecular weight is 275 g/mol. The van der Waals surface area contributed by atoms with Crippen LogP contribution in [0.2, 0.25) is 0 Å². The Morgan fingerprint density at radius 3 is 2.85 bits per heavy atom. The fourth-order valence-corrected chi connectivity index (χ4v) is 1.80. The minimum Gasteiger partial charge on any atom is -0.386 e. The number of rotatable bonds is 4. The van der Waals surface area contributed by atoms with Crippen molar-refractivity contribution in [2.45, 2.75) is 19.6 Å². The average Bonchev–Trinajstić information content (AvgIpc) is 2.43. The van der Waals surface area contributed by atoms with Crippen LogP contribution in [0.15, 0.2) is 41.2 Å². The summed E-state index contributed by atoms with van der Waals surface area (Å²) in [4.78, 5) is 21.7. The number of non-ortho nitro benzene ring substituents is 1. The lowest BCUT2D eigenvalue weighted by molar-refractivity contribution is -0.385. The molecule has 20 heavy (non-hydrogen) atoms. The summed E-state index contributed by atoms with van der Waals surface area (Å²) in [6, 6.07) is 8.63. The molecule has 1 N–H and O–H groups in total. The number of nitro groups is 1. The van der Waals surface area contributed by atoms with E-state index >= 15 is 0 Å². The van der Waals surface area contributed by atoms with Crippen molar-refractivity contribution in [3.05, 3.63) is 68.1 Å². The van der Waals surface area contributed by atoms with E-state index in [4.69, 9.17) is 0 Å². The molecule has 0 saturated carbocycles. The van der Waals surface area contributed by atoms with Gasteiger partial charge >= 0.3 is 0 Å². The molecule has 0 fully saturated rings. The van der Waals surface area contributed by atoms with Crippen LogP contribution in [-0.2, 0) is 6.54 Å². The molecule has 1 atom stereocenters. The van der Waals surface area contributed by atoms with E-state index in [1.807, 2.05) is 0 Å². The van der Waals surface area contributed by atoms with Crippen LogP contribution in [0, 0.1) is 17.0 Å². The lowest BCUT2D eigenvalue weighted by atomic mass is 10.1. The van der Waals surface area contributed by atoms with E-state index < -0.39 is 11.0 Å². The van der Waals surface area contributed by atoms with Crippen LogP contribution in [-0.4, -0.2) is 19.8 Å². The van der Waals surface area contributed by atoms with Gasteiger partial charge in [-0.15, -0.1) is 0 Å². The number of aryl methyl sites for hydroxylation is 1. The Hall–Kier alpha value is -2.54. The maximum Gasteiger partial charge on any atom is 0.269 e. The summed E-state index contributed by atoms with van der Waals surface area (Å²) in [5, 5.41) is 24.8. The second-order valence-electron chi connectivity index (χ2n) is 4.36. The predicted octanol–water partition coefficient (Wildman–Crippen LogP) is 1.19. The van der Waals surface area contributed by atoms with Gasteiger partial charge in [0, 0.05) is 18.2 Å². The number of nitro benzene ring substituents is 1. The van der Waals surface area contributed by atoms with Gasteiger partial charge in [-0.3, -0.25) is 14.9 Å². The van der Waals surface area contributed by atoms with Gasteiger partial charge < -0.3 is 5.11 Å². The first-order valence-electron chi connectivity index (χ1n) is 5.94. The minimum absolute atomic E-state index is 0.0539. The molecular formula is C13H13N3O4. The van der Waals surface area contributed by atoms with Crippen LogP contribution < -0.4 is 5.56 Å². The van der Waals surface area contributed by atoms with Crippen LogP contribution in [0.25, 0.3) is 0 Å². The molecule has 0 aliphatic rings. The highest BCUT2D eigenvalue weighted by molar-refractivity contribution is 5.35. The van der Waals surface area contributed by atoms with Crippen LogP contribution in [0.4, 0.5) is 5.69 Å². The van der Waals surface area contributed by atoms with Gasteiger partial charge in [-0.05, 0) is 18.6 Å². The second-order valence-corrected chi connectivity index (χ2v) is 4.36. The molecule has 0 unspecified atom stereocenters. The van der Waals surface area contributed by atoms with E-state index in [0.29, 0.717) is 11.3 Å². The van der Waals surface area contributed by atoms with Crippen LogP contribution >= 0.6 is 0 Å². The molecule has 0 aliphatic carbocycles. The van der Waals surface area contributed by atoms with Crippen LogP contribution in [0.5, 0.6) is 0 Å². The van der Waals surface area contributed by atoms with Gasteiger partial charge in [0.25, 0.3) is 11.2 Å². The fraction of sp³-hybridized carbons (Fsp3) is 0.231. The van der Waals surface area contributed by atoms with Crippen molar-refractivity contribution in [3.63, 3.8) is 0 Å². The molecule has 1 aromatic carbocycles. The Morgan fingerprint density at radius 1 is 1.40 bits per heavy atom. The first-order chi connectivity index (χ1) is 9.47. The molecule has 104 valence electrons. The summed E-state index contributed by atoms with van der Waals surface area (Å²) in [7, 11) is 0. The number of hydrogen-bond acceptors (Lipinski definition) is 5. The number of nitrogens with zero attached hydrogens (tertiary/aromatic N) is 3. The molecule has 0 radical (unpaired) electrons. The van der Waals surface area contributed by atoms with Gasteiger partial charge in [0.1, 0.15) is 0 Å². The van der Waals surface area contributed by atoms with Gasteiger partial charge in [-0.25, -0.2) is 4.68 Å². The standard InChI is InChI=1S/C13H13N3O4/c1-9-5-6-13(18)15(14-9)8-12(17)10-3-2-4-11(7-10)16(19)20/h2-7,12,17H,8H2,1H3/t12-/m0/s1. The van der Waals surface area contributed by atoms with Crippen molar-refractivity contribution in [1.82, 2.24) is 9.78 Å². The molecule has 0 spiro atoms. The van der Waals surface area contributed by atoms with E-state index in [1.54, 1.807) is 19.1 Å². The van der Waals surface area contributed by atoms with Crippen LogP contribution in [0.1, 0.15) is 17.4 Å². The van der Waals surface area contributed by atoms with Gasteiger partial charge in [0.05, 0.1) is 23.3 Å². The quantitative estimate of drug-likeness (QED) is 0.667. The highest BCUT2D eigenvalue weighted by Crippen LogP contribution is 2.19. The predicted molar refractivity (Wildman–Crippen MR) is 71.3 cm³/mol. The lowest BCUT2D eigenvalue weighted by Gasteiger charge is -2.12. The zero-order valence-corrected chi connectivity index (χ0v) is 10.8. The molecule has 2 aromatic rings. The molecule has 0 saturated heterocycles. The van der Waals surface area contributed by atoms with E-state index in [2.05, 4.69) is 5.10 Å². The van der Waals surface area contributed by atoms with Gasteiger partial charge in [0.15, 0.2) is 0 Å². The molecule has 0 bridgehead atoms. The van der Waals surface area contributed by atoms with Crippen molar-refractivity contribution in [2.75, 3.05) is 0 Å². The largest absolute Gasteiger partial charge is 0.386 e. The third-order valence-electron chi connectivity index (χ3n) is 2.81. The maximum absolute atomic E-state index is 11.6. The van der Waals surface area contributed by atoms with E-state index in [0.717, 1.165) is 4.68 Å². The Kier molecular flexibility index (Phi) is 3.90. The van der Waals surface area contributed by atoms with Crippen molar-refractivity contribution in [1.29, 1.82) is 0 Å². The smallest absolute Gasteiger partial charge is 0.269 e. The lowest BCUT2D eigenvalue weighted by Crippen LogP contribution is -2.25. The number of benzene rings is 1. The summed E-state index contributed by atoms with van der Waals surface area (Å²) in [5.41, 5.74) is 0.580. The third-order valence-corrected chi connectivity index (χ3v) is 2.81. The van der Waals surface area contributed by atoms with Gasteiger partial charge in [-0.1, -0.05) is 12.1 Å². The normalized spacial score (nSPS) is 12.1. The Labute approximate surface area is 114 Å². The summed E-state index contributed by atoms with van der Waals surface area (Å²) in [5.74, 6) is 0. The monoisotopic (exact) mass is 275 g/mol. The van der Waals surface area contributed by atoms with Gasteiger partial charge in [-0.2, -0.15) is 5.10 Å². The molecular weight excluding hydrogens is 262 g/mol. The molecule has 2 rings (SSSR count). The Balaban J connectivity index is 2.26. The molecule has 0 aliphatic heterocycles. The third kappa shape index (κ3) is 3.07. The zero-order chi connectivity index (χ0) is 14.7. The van der Waals surface area contributed by atoms with Crippen LogP contribution in [0.3, 0.4) is 0 Å². The molecule has 0 amide bonds. The molecule has 1 heterocycles. The van der Waals surface area contributed by atoms with Crippen molar-refractivity contribution < 1.29 is 10.0 Å². The van der Waals surface area contributed by atoms with Crippen molar-refractivity contribution in [3.8, 4) is 0 Å². The highest BCUT2D eigenvalue weighted by Gasteiger charge is 2.14. The van der Waals surface area contributed by atoms with Gasteiger partial charge in [0.2, 0.25) is 0 Å². The molecule has 1 aromatic heterocycles.